The number of thiazole rings is 1. The lowest BCUT2D eigenvalue weighted by molar-refractivity contribution is 0.980. The van der Waals surface area contributed by atoms with Crippen LogP contribution in [-0.4, -0.2) is 4.98 Å². The van der Waals surface area contributed by atoms with Gasteiger partial charge in [-0.1, -0.05) is 6.92 Å². The fourth-order valence-electron chi connectivity index (χ4n) is 0.659. The van der Waals surface area contributed by atoms with Crippen molar-refractivity contribution < 1.29 is 0 Å². The van der Waals surface area contributed by atoms with Crippen molar-refractivity contribution in [2.75, 3.05) is 0 Å². The van der Waals surface area contributed by atoms with E-state index in [0.29, 0.717) is 6.54 Å². The fraction of sp³-hybridized carbons (Fsp3) is 0.500. The third-order valence-corrected chi connectivity index (χ3v) is 2.42. The summed E-state index contributed by atoms with van der Waals surface area (Å²) in [5.74, 6) is 0. The minimum Gasteiger partial charge on any atom is -0.249 e. The molecule has 1 aromatic rings. The van der Waals surface area contributed by atoms with Gasteiger partial charge in [-0.2, -0.15) is 0 Å². The van der Waals surface area contributed by atoms with Crippen LogP contribution in [0.25, 0.3) is 0 Å². The molecule has 1 rings (SSSR count). The summed E-state index contributed by atoms with van der Waals surface area (Å²) in [4.78, 5) is 7.92. The van der Waals surface area contributed by atoms with Crippen LogP contribution >= 0.6 is 23.1 Å². The Hall–Kier alpha value is -0.120. The maximum Gasteiger partial charge on any atom is 0.0925 e. The third-order valence-electron chi connectivity index (χ3n) is 1.14. The van der Waals surface area contributed by atoms with Crippen molar-refractivity contribution in [3.05, 3.63) is 16.1 Å². The second-order valence-corrected chi connectivity index (χ2v) is 3.35. The molecule has 0 unspecified atom stereocenters. The van der Waals surface area contributed by atoms with E-state index in [0.717, 1.165) is 6.42 Å². The maximum atomic E-state index is 5.32. The van der Waals surface area contributed by atoms with Crippen molar-refractivity contribution in [1.82, 2.24) is 9.82 Å². The Kier molecular flexibility index (Phi) is 3.12. The lowest BCUT2D eigenvalue weighted by Crippen LogP contribution is -1.94. The van der Waals surface area contributed by atoms with E-state index in [1.165, 1.54) is 9.88 Å². The predicted molar refractivity (Wildman–Crippen MR) is 44.2 cm³/mol. The van der Waals surface area contributed by atoms with Crippen LogP contribution in [0, 0.1) is 0 Å². The monoisotopic (exact) mass is 176 g/mol. The molecule has 1 aromatic heterocycles. The van der Waals surface area contributed by atoms with Gasteiger partial charge in [0.2, 0.25) is 0 Å². The van der Waals surface area contributed by atoms with E-state index in [1.54, 1.807) is 11.3 Å². The first-order chi connectivity index (χ1) is 4.86. The highest BCUT2D eigenvalue weighted by atomic mass is 35.5. The van der Waals surface area contributed by atoms with E-state index < -0.39 is 0 Å². The Morgan fingerprint density at radius 2 is 2.60 bits per heavy atom. The van der Waals surface area contributed by atoms with Gasteiger partial charge in [0.15, 0.2) is 0 Å². The van der Waals surface area contributed by atoms with Crippen LogP contribution in [0.5, 0.6) is 0 Å². The van der Waals surface area contributed by atoms with Crippen molar-refractivity contribution in [3.63, 3.8) is 0 Å². The Morgan fingerprint density at radius 3 is 3.10 bits per heavy atom. The molecule has 0 aliphatic heterocycles. The molecule has 0 spiro atoms. The van der Waals surface area contributed by atoms with Crippen LogP contribution < -0.4 is 4.84 Å². The minimum atomic E-state index is 0.708. The topological polar surface area (TPSA) is 24.9 Å². The summed E-state index contributed by atoms with van der Waals surface area (Å²) in [6, 6.07) is 0. The molecule has 1 N–H and O–H groups in total. The molecule has 1 heterocycles. The molecule has 2 nitrogen and oxygen atoms in total. The first-order valence-electron chi connectivity index (χ1n) is 3.14. The molecule has 0 saturated heterocycles. The average Bonchev–Trinajstić information content (AvgIpc) is 2.37. The molecule has 10 heavy (non-hydrogen) atoms. The lowest BCUT2D eigenvalue weighted by atomic mass is 10.5. The van der Waals surface area contributed by atoms with E-state index in [1.807, 2.05) is 6.20 Å². The number of aromatic nitrogens is 1. The highest BCUT2D eigenvalue weighted by Crippen LogP contribution is 2.12. The number of aryl methyl sites for hydroxylation is 1. The number of hydrogen-bond acceptors (Lipinski definition) is 3. The van der Waals surface area contributed by atoms with E-state index in [-0.39, 0.29) is 0 Å². The number of hydrogen-bond donors (Lipinski definition) is 1. The number of nitrogens with zero attached hydrogens (tertiary/aromatic N) is 1. The quantitative estimate of drug-likeness (QED) is 0.713. The van der Waals surface area contributed by atoms with Crippen molar-refractivity contribution in [2.24, 2.45) is 0 Å². The summed E-state index contributed by atoms with van der Waals surface area (Å²) in [5.41, 5.74) is 0. The molecule has 0 aliphatic rings. The zero-order chi connectivity index (χ0) is 7.40. The van der Waals surface area contributed by atoms with E-state index in [2.05, 4.69) is 16.7 Å². The predicted octanol–water partition coefficient (Wildman–Crippen LogP) is 1.95. The highest BCUT2D eigenvalue weighted by Gasteiger charge is 1.97. The molecular formula is C6H9ClN2S. The van der Waals surface area contributed by atoms with Crippen LogP contribution in [-0.2, 0) is 13.0 Å². The molecule has 0 aliphatic carbocycles. The standard InChI is InChI=1S/C6H9ClN2S/c1-2-6-8-3-5(10-6)4-9-7/h3,9H,2,4H2,1H3. The Balaban J connectivity index is 2.59. The van der Waals surface area contributed by atoms with Crippen LogP contribution in [0.2, 0.25) is 0 Å². The average molecular weight is 177 g/mol. The second-order valence-electron chi connectivity index (χ2n) is 1.88. The number of halogens is 1. The van der Waals surface area contributed by atoms with E-state index in [9.17, 15) is 0 Å². The number of rotatable bonds is 3. The largest absolute Gasteiger partial charge is 0.249 e. The molecule has 0 amide bonds. The van der Waals surface area contributed by atoms with Gasteiger partial charge in [0.25, 0.3) is 0 Å². The summed E-state index contributed by atoms with van der Waals surface area (Å²) in [6.45, 7) is 2.80. The van der Waals surface area contributed by atoms with Gasteiger partial charge >= 0.3 is 0 Å². The van der Waals surface area contributed by atoms with Crippen LogP contribution in [0.4, 0.5) is 0 Å². The summed E-state index contributed by atoms with van der Waals surface area (Å²) in [7, 11) is 0. The first kappa shape index (κ1) is 7.98. The van der Waals surface area contributed by atoms with Crippen LogP contribution in [0.3, 0.4) is 0 Å². The van der Waals surface area contributed by atoms with Crippen LogP contribution in [0.1, 0.15) is 16.8 Å². The van der Waals surface area contributed by atoms with Crippen molar-refractivity contribution in [1.29, 1.82) is 0 Å². The Bertz CT molecular complexity index is 199. The second kappa shape index (κ2) is 3.91. The smallest absolute Gasteiger partial charge is 0.0925 e. The Morgan fingerprint density at radius 1 is 1.80 bits per heavy atom. The van der Waals surface area contributed by atoms with Gasteiger partial charge in [0.05, 0.1) is 5.01 Å². The van der Waals surface area contributed by atoms with E-state index >= 15 is 0 Å². The maximum absolute atomic E-state index is 5.32. The third kappa shape index (κ3) is 1.94. The zero-order valence-corrected chi connectivity index (χ0v) is 7.30. The van der Waals surface area contributed by atoms with Crippen molar-refractivity contribution in [3.8, 4) is 0 Å². The van der Waals surface area contributed by atoms with Gasteiger partial charge in [0.1, 0.15) is 0 Å². The molecule has 0 bridgehead atoms. The summed E-state index contributed by atoms with van der Waals surface area (Å²) in [5, 5.41) is 1.17. The zero-order valence-electron chi connectivity index (χ0n) is 5.72. The van der Waals surface area contributed by atoms with Gasteiger partial charge in [0, 0.05) is 17.6 Å². The Labute approximate surface area is 69.4 Å². The van der Waals surface area contributed by atoms with Crippen LogP contribution in [0.15, 0.2) is 6.20 Å². The van der Waals surface area contributed by atoms with Gasteiger partial charge in [-0.05, 0) is 18.2 Å². The van der Waals surface area contributed by atoms with Crippen molar-refractivity contribution in [2.45, 2.75) is 19.9 Å². The normalized spacial score (nSPS) is 10.2. The molecule has 0 saturated carbocycles. The lowest BCUT2D eigenvalue weighted by Gasteiger charge is -1.87. The minimum absolute atomic E-state index is 0.708. The molecule has 0 atom stereocenters. The summed E-state index contributed by atoms with van der Waals surface area (Å²) < 4.78 is 0. The molecule has 4 heteroatoms. The summed E-state index contributed by atoms with van der Waals surface area (Å²) in [6.07, 6.45) is 2.87. The van der Waals surface area contributed by atoms with Gasteiger partial charge in [-0.3, -0.25) is 0 Å². The molecule has 0 aromatic carbocycles. The summed E-state index contributed by atoms with van der Waals surface area (Å²) >= 11 is 7.02. The SMILES string of the molecule is CCc1ncc(CNCl)s1. The van der Waals surface area contributed by atoms with Crippen molar-refractivity contribution >= 4 is 23.1 Å². The molecule has 56 valence electrons. The molecule has 0 fully saturated rings. The highest BCUT2D eigenvalue weighted by molar-refractivity contribution is 7.11. The van der Waals surface area contributed by atoms with Gasteiger partial charge < -0.3 is 0 Å². The molecule has 0 radical (unpaired) electrons. The van der Waals surface area contributed by atoms with Gasteiger partial charge in [-0.25, -0.2) is 9.82 Å². The fourth-order valence-corrected chi connectivity index (χ4v) is 1.68. The number of nitrogens with one attached hydrogen (secondary N) is 1. The first-order valence-corrected chi connectivity index (χ1v) is 4.33. The van der Waals surface area contributed by atoms with E-state index in [4.69, 9.17) is 11.8 Å². The molecular weight excluding hydrogens is 168 g/mol. The van der Waals surface area contributed by atoms with Gasteiger partial charge in [-0.15, -0.1) is 11.3 Å².